The Labute approximate surface area is 115 Å². The molecule has 0 heterocycles. The first kappa shape index (κ1) is 15.8. The van der Waals surface area contributed by atoms with E-state index in [9.17, 15) is 9.90 Å². The number of hydrogen-bond donors (Lipinski definition) is 1. The highest BCUT2D eigenvalue weighted by atomic mass is 32.2. The van der Waals surface area contributed by atoms with Crippen LogP contribution in [0.3, 0.4) is 0 Å². The van der Waals surface area contributed by atoms with Crippen molar-refractivity contribution in [1.29, 1.82) is 0 Å². The first-order chi connectivity index (χ1) is 8.63. The average molecular weight is 270 g/mol. The van der Waals surface area contributed by atoms with E-state index >= 15 is 0 Å². The minimum absolute atomic E-state index is 0.117. The van der Waals surface area contributed by atoms with Crippen LogP contribution >= 0.6 is 11.8 Å². The fraction of sp³-hybridized carbons (Fsp3) is 0.800. The van der Waals surface area contributed by atoms with Crippen LogP contribution < -0.4 is 0 Å². The summed E-state index contributed by atoms with van der Waals surface area (Å²) in [5.74, 6) is 0.117. The van der Waals surface area contributed by atoms with Crippen molar-refractivity contribution in [3.05, 3.63) is 12.7 Å². The fourth-order valence-corrected chi connectivity index (χ4v) is 3.51. The maximum atomic E-state index is 11.8. The van der Waals surface area contributed by atoms with Gasteiger partial charge in [-0.1, -0.05) is 44.0 Å². The number of carbonyl (C=O) groups excluding carboxylic acids is 1. The summed E-state index contributed by atoms with van der Waals surface area (Å²) in [7, 11) is 0. The Morgan fingerprint density at radius 3 is 2.72 bits per heavy atom. The highest BCUT2D eigenvalue weighted by Gasteiger charge is 2.18. The molecule has 2 atom stereocenters. The van der Waals surface area contributed by atoms with Crippen molar-refractivity contribution in [2.24, 2.45) is 5.92 Å². The lowest BCUT2D eigenvalue weighted by atomic mass is 10.00. The van der Waals surface area contributed by atoms with Crippen molar-refractivity contribution < 1.29 is 9.90 Å². The average Bonchev–Trinajstić information content (AvgIpc) is 2.38. The van der Waals surface area contributed by atoms with Gasteiger partial charge in [0.25, 0.3) is 0 Å². The van der Waals surface area contributed by atoms with Crippen LogP contribution in [0.25, 0.3) is 0 Å². The van der Waals surface area contributed by atoms with Gasteiger partial charge >= 0.3 is 0 Å². The van der Waals surface area contributed by atoms with Gasteiger partial charge in [0.2, 0.25) is 0 Å². The summed E-state index contributed by atoms with van der Waals surface area (Å²) in [6, 6.07) is 0. The van der Waals surface area contributed by atoms with Gasteiger partial charge in [0.05, 0.1) is 6.10 Å². The molecule has 1 N–H and O–H groups in total. The van der Waals surface area contributed by atoms with Crippen LogP contribution in [0.15, 0.2) is 12.7 Å². The first-order valence-electron chi connectivity index (χ1n) is 7.13. The molecule has 2 nitrogen and oxygen atoms in total. The Kier molecular flexibility index (Phi) is 7.68. The molecule has 0 aromatic rings. The summed E-state index contributed by atoms with van der Waals surface area (Å²) in [5, 5.41) is 10.6. The Morgan fingerprint density at radius 2 is 2.11 bits per heavy atom. The van der Waals surface area contributed by atoms with Crippen LogP contribution in [-0.2, 0) is 4.79 Å². The zero-order chi connectivity index (χ0) is 13.4. The number of hydrogen-bond acceptors (Lipinski definition) is 3. The number of aliphatic hydroxyl groups is 1. The molecular formula is C15H26O2S. The largest absolute Gasteiger partial charge is 0.393 e. The van der Waals surface area contributed by atoms with Gasteiger partial charge in [0.15, 0.2) is 5.12 Å². The van der Waals surface area contributed by atoms with E-state index in [1.807, 2.05) is 6.92 Å². The molecule has 0 unspecified atom stereocenters. The van der Waals surface area contributed by atoms with Crippen molar-refractivity contribution in [3.63, 3.8) is 0 Å². The predicted molar refractivity (Wildman–Crippen MR) is 78.7 cm³/mol. The van der Waals surface area contributed by atoms with E-state index in [0.717, 1.165) is 6.42 Å². The van der Waals surface area contributed by atoms with Gasteiger partial charge in [-0.15, -0.1) is 6.58 Å². The minimum Gasteiger partial charge on any atom is -0.393 e. The maximum absolute atomic E-state index is 11.8. The van der Waals surface area contributed by atoms with Crippen molar-refractivity contribution in [3.8, 4) is 0 Å². The number of carbonyl (C=O) groups is 1. The molecule has 1 rings (SSSR count). The number of rotatable bonds is 7. The SMILES string of the molecule is C=C[C@@H](C)[C@H](O)CCCC(=O)SC1CCCCC1. The predicted octanol–water partition coefficient (Wildman–Crippen LogP) is 3.93. The minimum atomic E-state index is -0.352. The monoisotopic (exact) mass is 270 g/mol. The second-order valence-electron chi connectivity index (χ2n) is 5.30. The molecule has 1 aliphatic rings. The van der Waals surface area contributed by atoms with E-state index < -0.39 is 0 Å². The molecule has 0 spiro atoms. The number of aliphatic hydroxyl groups excluding tert-OH is 1. The molecule has 0 aromatic carbocycles. The summed E-state index contributed by atoms with van der Waals surface area (Å²) in [6.45, 7) is 5.63. The number of thioether (sulfide) groups is 1. The van der Waals surface area contributed by atoms with Crippen LogP contribution in [0.4, 0.5) is 0 Å². The van der Waals surface area contributed by atoms with Crippen LogP contribution in [0, 0.1) is 5.92 Å². The van der Waals surface area contributed by atoms with Crippen molar-refractivity contribution in [2.45, 2.75) is 69.6 Å². The lowest BCUT2D eigenvalue weighted by Gasteiger charge is -2.20. The van der Waals surface area contributed by atoms with Gasteiger partial charge in [-0.3, -0.25) is 4.79 Å². The topological polar surface area (TPSA) is 37.3 Å². The normalized spacial score (nSPS) is 20.3. The molecule has 3 heteroatoms. The molecule has 0 radical (unpaired) electrons. The fourth-order valence-electron chi connectivity index (χ4n) is 2.30. The van der Waals surface area contributed by atoms with E-state index in [4.69, 9.17) is 0 Å². The summed E-state index contributed by atoms with van der Waals surface area (Å²) >= 11 is 1.55. The van der Waals surface area contributed by atoms with Crippen LogP contribution in [-0.4, -0.2) is 21.6 Å². The second kappa shape index (κ2) is 8.76. The zero-order valence-electron chi connectivity index (χ0n) is 11.4. The van der Waals surface area contributed by atoms with E-state index in [-0.39, 0.29) is 12.0 Å². The van der Waals surface area contributed by atoms with E-state index in [1.54, 1.807) is 17.8 Å². The molecule has 18 heavy (non-hydrogen) atoms. The molecule has 104 valence electrons. The second-order valence-corrected chi connectivity index (χ2v) is 6.66. The lowest BCUT2D eigenvalue weighted by molar-refractivity contribution is -0.111. The molecule has 0 amide bonds. The van der Waals surface area contributed by atoms with Crippen molar-refractivity contribution >= 4 is 16.9 Å². The molecule has 0 saturated heterocycles. The van der Waals surface area contributed by atoms with Crippen molar-refractivity contribution in [2.75, 3.05) is 0 Å². The van der Waals surface area contributed by atoms with Crippen molar-refractivity contribution in [1.82, 2.24) is 0 Å². The third-order valence-electron chi connectivity index (χ3n) is 3.71. The Hall–Kier alpha value is -0.280. The smallest absolute Gasteiger partial charge is 0.189 e. The lowest BCUT2D eigenvalue weighted by Crippen LogP contribution is -2.16. The van der Waals surface area contributed by atoms with Gasteiger partial charge < -0.3 is 5.11 Å². The van der Waals surface area contributed by atoms with Gasteiger partial charge in [-0.05, 0) is 31.6 Å². The van der Waals surface area contributed by atoms with Crippen LogP contribution in [0.1, 0.15) is 58.3 Å². The molecule has 1 saturated carbocycles. The van der Waals surface area contributed by atoms with E-state index in [1.165, 1.54) is 32.1 Å². The van der Waals surface area contributed by atoms with Gasteiger partial charge in [-0.25, -0.2) is 0 Å². The molecule has 0 aliphatic heterocycles. The standard InChI is InChI=1S/C15H26O2S/c1-3-12(2)14(16)10-7-11-15(17)18-13-8-5-4-6-9-13/h3,12-14,16H,1,4-11H2,2H3/t12-,14-/m1/s1. The third kappa shape index (κ3) is 6.05. The Bertz CT molecular complexity index is 259. The first-order valence-corrected chi connectivity index (χ1v) is 8.01. The summed E-state index contributed by atoms with van der Waals surface area (Å²) < 4.78 is 0. The van der Waals surface area contributed by atoms with Gasteiger partial charge in [0.1, 0.15) is 0 Å². The molecule has 1 fully saturated rings. The molecule has 0 aromatic heterocycles. The molecule has 1 aliphatic carbocycles. The summed E-state index contributed by atoms with van der Waals surface area (Å²) in [5.41, 5.74) is 0. The third-order valence-corrected chi connectivity index (χ3v) is 4.98. The molecular weight excluding hydrogens is 244 g/mol. The highest BCUT2D eigenvalue weighted by molar-refractivity contribution is 8.14. The van der Waals surface area contributed by atoms with Gasteiger partial charge in [-0.2, -0.15) is 0 Å². The van der Waals surface area contributed by atoms with Crippen LogP contribution in [0.5, 0.6) is 0 Å². The van der Waals surface area contributed by atoms with Gasteiger partial charge in [0, 0.05) is 11.7 Å². The summed E-state index contributed by atoms with van der Waals surface area (Å²) in [4.78, 5) is 11.8. The highest BCUT2D eigenvalue weighted by Crippen LogP contribution is 2.29. The summed E-state index contributed by atoms with van der Waals surface area (Å²) in [6.07, 6.45) is 9.79. The van der Waals surface area contributed by atoms with Crippen LogP contribution in [0.2, 0.25) is 0 Å². The zero-order valence-corrected chi connectivity index (χ0v) is 12.3. The Balaban J connectivity index is 2.11. The molecule has 0 bridgehead atoms. The Morgan fingerprint density at radius 1 is 1.44 bits per heavy atom. The van der Waals surface area contributed by atoms with E-state index in [2.05, 4.69) is 6.58 Å². The quantitative estimate of drug-likeness (QED) is 0.712. The van der Waals surface area contributed by atoms with E-state index in [0.29, 0.717) is 23.2 Å². The maximum Gasteiger partial charge on any atom is 0.189 e.